The van der Waals surface area contributed by atoms with Crippen molar-refractivity contribution >= 4 is 0 Å². The van der Waals surface area contributed by atoms with Crippen LogP contribution in [0, 0.1) is 0 Å². The molecule has 5 N–H and O–H groups in total. The second kappa shape index (κ2) is 11.9. The van der Waals surface area contributed by atoms with Crippen molar-refractivity contribution in [2.24, 2.45) is 11.6 Å². The number of nitrogens with one attached hydrogen (secondary N) is 1. The summed E-state index contributed by atoms with van der Waals surface area (Å²) < 4.78 is 0. The zero-order chi connectivity index (χ0) is 9.11. The van der Waals surface area contributed by atoms with E-state index in [1.807, 2.05) is 19.1 Å². The standard InChI is InChI=1S/C7H14N2.CH5N/c1-3-4-5-6-7(2)9-8;1-2/h4-6,9H,3,8H2,1-2H3;2H2,1H3/b5-4-,7-6+;. The first-order valence-corrected chi connectivity index (χ1v) is 3.69. The fourth-order valence-corrected chi connectivity index (χ4v) is 0.397. The SMILES string of the molecule is CC/C=C\C=C(/C)NN.CN. The molecule has 0 saturated carbocycles. The lowest BCUT2D eigenvalue weighted by molar-refractivity contribution is 0.886. The quantitative estimate of drug-likeness (QED) is 0.324. The molecule has 0 radical (unpaired) electrons. The minimum absolute atomic E-state index is 0.972. The van der Waals surface area contributed by atoms with Crippen LogP contribution in [-0.4, -0.2) is 7.05 Å². The van der Waals surface area contributed by atoms with E-state index >= 15 is 0 Å². The van der Waals surface area contributed by atoms with Gasteiger partial charge in [0.05, 0.1) is 0 Å². The highest BCUT2D eigenvalue weighted by atomic mass is 15.2. The molecule has 0 aliphatic carbocycles. The van der Waals surface area contributed by atoms with Crippen LogP contribution in [-0.2, 0) is 0 Å². The Hall–Kier alpha value is -0.800. The van der Waals surface area contributed by atoms with Crippen molar-refractivity contribution in [1.29, 1.82) is 0 Å². The zero-order valence-electron chi connectivity index (χ0n) is 7.59. The van der Waals surface area contributed by atoms with Gasteiger partial charge in [0, 0.05) is 5.70 Å². The van der Waals surface area contributed by atoms with Crippen molar-refractivity contribution in [3.63, 3.8) is 0 Å². The molecule has 0 bridgehead atoms. The molecule has 0 unspecified atom stereocenters. The second-order valence-corrected chi connectivity index (χ2v) is 1.83. The van der Waals surface area contributed by atoms with Crippen LogP contribution >= 0.6 is 0 Å². The van der Waals surface area contributed by atoms with Crippen LogP contribution < -0.4 is 17.0 Å². The van der Waals surface area contributed by atoms with Crippen LogP contribution in [0.5, 0.6) is 0 Å². The summed E-state index contributed by atoms with van der Waals surface area (Å²) >= 11 is 0. The van der Waals surface area contributed by atoms with Gasteiger partial charge in [0.2, 0.25) is 0 Å². The number of hydrogen-bond acceptors (Lipinski definition) is 3. The van der Waals surface area contributed by atoms with Gasteiger partial charge in [-0.3, -0.25) is 5.84 Å². The predicted molar refractivity (Wildman–Crippen MR) is 50.6 cm³/mol. The van der Waals surface area contributed by atoms with E-state index in [1.54, 1.807) is 0 Å². The van der Waals surface area contributed by atoms with E-state index in [1.165, 1.54) is 7.05 Å². The van der Waals surface area contributed by atoms with Gasteiger partial charge in [-0.2, -0.15) is 0 Å². The molecule has 0 aromatic carbocycles. The molecular weight excluding hydrogens is 138 g/mol. The van der Waals surface area contributed by atoms with Gasteiger partial charge in [-0.1, -0.05) is 19.1 Å². The highest BCUT2D eigenvalue weighted by Crippen LogP contribution is 1.85. The van der Waals surface area contributed by atoms with Crippen molar-refractivity contribution in [3.8, 4) is 0 Å². The highest BCUT2D eigenvalue weighted by molar-refractivity contribution is 5.07. The number of hydrazine groups is 1. The highest BCUT2D eigenvalue weighted by Gasteiger charge is 1.74. The Bertz CT molecular complexity index is 117. The molecule has 3 heteroatoms. The summed E-state index contributed by atoms with van der Waals surface area (Å²) in [5.41, 5.74) is 8.01. The normalized spacial score (nSPS) is 10.8. The Morgan fingerprint density at radius 3 is 2.36 bits per heavy atom. The number of nitrogens with two attached hydrogens (primary N) is 2. The Kier molecular flexibility index (Phi) is 13.9. The molecule has 0 spiro atoms. The first kappa shape index (κ1) is 12.8. The van der Waals surface area contributed by atoms with Gasteiger partial charge in [-0.25, -0.2) is 0 Å². The van der Waals surface area contributed by atoms with E-state index < -0.39 is 0 Å². The lowest BCUT2D eigenvalue weighted by atomic mass is 10.3. The molecule has 3 nitrogen and oxygen atoms in total. The van der Waals surface area contributed by atoms with E-state index in [4.69, 9.17) is 5.84 Å². The minimum Gasteiger partial charge on any atom is -0.333 e. The van der Waals surface area contributed by atoms with Crippen molar-refractivity contribution in [3.05, 3.63) is 23.9 Å². The Morgan fingerprint density at radius 1 is 1.45 bits per heavy atom. The number of hydrogen-bond donors (Lipinski definition) is 3. The largest absolute Gasteiger partial charge is 0.333 e. The van der Waals surface area contributed by atoms with Crippen LogP contribution in [0.15, 0.2) is 23.9 Å². The van der Waals surface area contributed by atoms with E-state index in [0.29, 0.717) is 0 Å². The lowest BCUT2D eigenvalue weighted by Crippen LogP contribution is -2.18. The van der Waals surface area contributed by atoms with Crippen molar-refractivity contribution in [2.45, 2.75) is 20.3 Å². The van der Waals surface area contributed by atoms with Gasteiger partial charge in [0.15, 0.2) is 0 Å². The molecule has 0 atom stereocenters. The maximum atomic E-state index is 5.10. The molecule has 0 amide bonds. The van der Waals surface area contributed by atoms with Gasteiger partial charge in [-0.05, 0) is 26.5 Å². The van der Waals surface area contributed by atoms with E-state index in [9.17, 15) is 0 Å². The van der Waals surface area contributed by atoms with Crippen LogP contribution in [0.3, 0.4) is 0 Å². The van der Waals surface area contributed by atoms with Gasteiger partial charge in [0.25, 0.3) is 0 Å². The average molecular weight is 157 g/mol. The summed E-state index contributed by atoms with van der Waals surface area (Å²) in [6.45, 7) is 4.01. The summed E-state index contributed by atoms with van der Waals surface area (Å²) in [5, 5.41) is 0. The van der Waals surface area contributed by atoms with Crippen molar-refractivity contribution < 1.29 is 0 Å². The zero-order valence-corrected chi connectivity index (χ0v) is 7.59. The first-order chi connectivity index (χ1) is 5.31. The third-order valence-electron chi connectivity index (χ3n) is 0.946. The Morgan fingerprint density at radius 2 is 2.00 bits per heavy atom. The Labute approximate surface area is 69.1 Å². The summed E-state index contributed by atoms with van der Waals surface area (Å²) in [4.78, 5) is 0. The molecule has 0 aliphatic rings. The van der Waals surface area contributed by atoms with Crippen LogP contribution in [0.4, 0.5) is 0 Å². The fraction of sp³-hybridized carbons (Fsp3) is 0.500. The molecule has 11 heavy (non-hydrogen) atoms. The molecule has 0 aliphatic heterocycles. The molecule has 0 fully saturated rings. The second-order valence-electron chi connectivity index (χ2n) is 1.83. The Balaban J connectivity index is 0. The molecule has 66 valence electrons. The predicted octanol–water partition coefficient (Wildman–Crippen LogP) is 0.895. The van der Waals surface area contributed by atoms with Crippen molar-refractivity contribution in [2.75, 3.05) is 7.05 Å². The summed E-state index contributed by atoms with van der Waals surface area (Å²) in [5.74, 6) is 5.10. The molecule has 0 rings (SSSR count). The molecule has 0 aromatic heterocycles. The number of allylic oxidation sites excluding steroid dienone is 4. The molecule has 0 heterocycles. The van der Waals surface area contributed by atoms with Gasteiger partial charge in [0.1, 0.15) is 0 Å². The van der Waals surface area contributed by atoms with E-state index in [2.05, 4.69) is 24.2 Å². The van der Waals surface area contributed by atoms with Crippen molar-refractivity contribution in [1.82, 2.24) is 5.43 Å². The summed E-state index contributed by atoms with van der Waals surface area (Å²) in [6.07, 6.45) is 7.05. The first-order valence-electron chi connectivity index (χ1n) is 3.69. The third-order valence-corrected chi connectivity index (χ3v) is 0.946. The maximum absolute atomic E-state index is 5.10. The van der Waals surface area contributed by atoms with Crippen LogP contribution in [0.1, 0.15) is 20.3 Å². The van der Waals surface area contributed by atoms with Gasteiger partial charge in [-0.15, -0.1) is 0 Å². The fourth-order valence-electron chi connectivity index (χ4n) is 0.397. The maximum Gasteiger partial charge on any atom is 0.0228 e. The molecule has 0 saturated heterocycles. The minimum atomic E-state index is 0.972. The average Bonchev–Trinajstić information content (AvgIpc) is 2.08. The van der Waals surface area contributed by atoms with Crippen LogP contribution in [0.2, 0.25) is 0 Å². The summed E-state index contributed by atoms with van der Waals surface area (Å²) in [6, 6.07) is 0. The van der Waals surface area contributed by atoms with E-state index in [-0.39, 0.29) is 0 Å². The van der Waals surface area contributed by atoms with Gasteiger partial charge >= 0.3 is 0 Å². The number of rotatable bonds is 3. The summed E-state index contributed by atoms with van der Waals surface area (Å²) in [7, 11) is 1.50. The monoisotopic (exact) mass is 157 g/mol. The van der Waals surface area contributed by atoms with Crippen LogP contribution in [0.25, 0.3) is 0 Å². The lowest BCUT2D eigenvalue weighted by Gasteiger charge is -1.93. The van der Waals surface area contributed by atoms with Gasteiger partial charge < -0.3 is 11.2 Å². The smallest absolute Gasteiger partial charge is 0.0228 e. The topological polar surface area (TPSA) is 64.1 Å². The molecular formula is C8H19N3. The third kappa shape index (κ3) is 12.4. The molecule has 0 aromatic rings. The van der Waals surface area contributed by atoms with E-state index in [0.717, 1.165) is 12.1 Å².